The zero-order valence-electron chi connectivity index (χ0n) is 15.4. The number of piperidine rings is 1. The van der Waals surface area contributed by atoms with Gasteiger partial charge in [0.05, 0.1) is 11.5 Å². The predicted octanol–water partition coefficient (Wildman–Crippen LogP) is 2.81. The molecule has 2 aromatic rings. The SMILES string of the molecule is Cc1ccc(-c2ccc(CN3CCC4(CC3)NC(=O)CC4C(=O)O)cc2)o1. The molecule has 0 bridgehead atoms. The summed E-state index contributed by atoms with van der Waals surface area (Å²) in [7, 11) is 0. The number of hydrogen-bond acceptors (Lipinski definition) is 4. The van der Waals surface area contributed by atoms with Crippen LogP contribution in [0.4, 0.5) is 0 Å². The molecule has 2 aliphatic heterocycles. The molecule has 0 saturated carbocycles. The number of carbonyl (C=O) groups is 2. The average molecular weight is 368 g/mol. The van der Waals surface area contributed by atoms with Gasteiger partial charge >= 0.3 is 5.97 Å². The number of likely N-dealkylation sites (tertiary alicyclic amines) is 1. The molecule has 1 unspecified atom stereocenters. The highest BCUT2D eigenvalue weighted by atomic mass is 16.4. The smallest absolute Gasteiger partial charge is 0.309 e. The fraction of sp³-hybridized carbons (Fsp3) is 0.429. The molecule has 6 heteroatoms. The summed E-state index contributed by atoms with van der Waals surface area (Å²) >= 11 is 0. The van der Waals surface area contributed by atoms with Crippen LogP contribution in [0.15, 0.2) is 40.8 Å². The quantitative estimate of drug-likeness (QED) is 0.867. The number of hydrogen-bond donors (Lipinski definition) is 2. The van der Waals surface area contributed by atoms with Gasteiger partial charge in [0.1, 0.15) is 11.5 Å². The second-order valence-corrected chi connectivity index (χ2v) is 7.68. The standard InChI is InChI=1S/C21H24N2O4/c1-14-2-7-18(27-14)16-5-3-15(4-6-16)13-23-10-8-21(9-11-23)17(20(25)26)12-19(24)22-21/h2-7,17H,8-13H2,1H3,(H,22,24)(H,25,26). The highest BCUT2D eigenvalue weighted by Gasteiger charge is 2.51. The van der Waals surface area contributed by atoms with Gasteiger partial charge < -0.3 is 14.8 Å². The minimum Gasteiger partial charge on any atom is -0.481 e. The van der Waals surface area contributed by atoms with E-state index in [0.29, 0.717) is 12.8 Å². The summed E-state index contributed by atoms with van der Waals surface area (Å²) in [6.07, 6.45) is 1.46. The van der Waals surface area contributed by atoms with E-state index in [1.165, 1.54) is 5.56 Å². The van der Waals surface area contributed by atoms with Crippen LogP contribution in [0.2, 0.25) is 0 Å². The number of aliphatic carboxylic acids is 1. The summed E-state index contributed by atoms with van der Waals surface area (Å²) in [5.74, 6) is 0.152. The van der Waals surface area contributed by atoms with Crippen molar-refractivity contribution in [3.05, 3.63) is 47.7 Å². The molecule has 1 amide bonds. The monoisotopic (exact) mass is 368 g/mol. The van der Waals surface area contributed by atoms with Gasteiger partial charge in [0.15, 0.2) is 0 Å². The maximum absolute atomic E-state index is 11.8. The third kappa shape index (κ3) is 3.49. The minimum absolute atomic E-state index is 0.100. The number of amides is 1. The number of aryl methyl sites for hydroxylation is 1. The summed E-state index contributed by atoms with van der Waals surface area (Å²) in [5.41, 5.74) is 1.70. The van der Waals surface area contributed by atoms with Crippen molar-refractivity contribution in [3.63, 3.8) is 0 Å². The Labute approximate surface area is 158 Å². The fourth-order valence-electron chi connectivity index (χ4n) is 4.33. The predicted molar refractivity (Wildman–Crippen MR) is 100 cm³/mol. The molecule has 0 aliphatic carbocycles. The Hall–Kier alpha value is -2.60. The fourth-order valence-corrected chi connectivity index (χ4v) is 4.33. The molecule has 2 saturated heterocycles. The van der Waals surface area contributed by atoms with E-state index in [1.54, 1.807) is 0 Å². The van der Waals surface area contributed by atoms with Gasteiger partial charge in [0, 0.05) is 31.6 Å². The van der Waals surface area contributed by atoms with Crippen LogP contribution in [0.5, 0.6) is 0 Å². The molecule has 0 radical (unpaired) electrons. The molecule has 6 nitrogen and oxygen atoms in total. The van der Waals surface area contributed by atoms with Gasteiger partial charge in [-0.3, -0.25) is 14.5 Å². The van der Waals surface area contributed by atoms with Crippen molar-refractivity contribution in [2.24, 2.45) is 5.92 Å². The Balaban J connectivity index is 1.38. The topological polar surface area (TPSA) is 82.8 Å². The van der Waals surface area contributed by atoms with Gasteiger partial charge in [-0.2, -0.15) is 0 Å². The van der Waals surface area contributed by atoms with Crippen molar-refractivity contribution in [2.45, 2.75) is 38.3 Å². The first kappa shape index (κ1) is 17.8. The van der Waals surface area contributed by atoms with E-state index in [9.17, 15) is 14.7 Å². The molecule has 1 spiro atoms. The zero-order chi connectivity index (χ0) is 19.0. The molecule has 2 fully saturated rings. The molecule has 1 atom stereocenters. The largest absolute Gasteiger partial charge is 0.481 e. The molecule has 1 aromatic carbocycles. The number of carboxylic acids is 1. The van der Waals surface area contributed by atoms with Gasteiger partial charge in [-0.05, 0) is 37.5 Å². The molecule has 27 heavy (non-hydrogen) atoms. The Kier molecular flexibility index (Phi) is 4.52. The van der Waals surface area contributed by atoms with E-state index in [2.05, 4.69) is 34.5 Å². The summed E-state index contributed by atoms with van der Waals surface area (Å²) < 4.78 is 5.66. The number of benzene rings is 1. The second-order valence-electron chi connectivity index (χ2n) is 7.68. The molecule has 4 rings (SSSR count). The van der Waals surface area contributed by atoms with Gasteiger partial charge in [0.2, 0.25) is 5.91 Å². The van der Waals surface area contributed by atoms with Crippen LogP contribution in [0, 0.1) is 12.8 Å². The van der Waals surface area contributed by atoms with E-state index in [0.717, 1.165) is 36.7 Å². The number of carboxylic acid groups (broad SMARTS) is 1. The Morgan fingerprint density at radius 2 is 1.93 bits per heavy atom. The van der Waals surface area contributed by atoms with E-state index >= 15 is 0 Å². The van der Waals surface area contributed by atoms with E-state index in [4.69, 9.17) is 4.42 Å². The number of furan rings is 1. The van der Waals surface area contributed by atoms with Crippen molar-refractivity contribution in [1.29, 1.82) is 0 Å². The number of rotatable bonds is 4. The maximum Gasteiger partial charge on any atom is 0.309 e. The summed E-state index contributed by atoms with van der Waals surface area (Å²) in [6.45, 7) is 4.31. The van der Waals surface area contributed by atoms with Gasteiger partial charge in [-0.15, -0.1) is 0 Å². The van der Waals surface area contributed by atoms with Crippen LogP contribution < -0.4 is 5.32 Å². The minimum atomic E-state index is -0.870. The highest BCUT2D eigenvalue weighted by Crippen LogP contribution is 2.37. The Morgan fingerprint density at radius 3 is 2.52 bits per heavy atom. The van der Waals surface area contributed by atoms with E-state index in [1.807, 2.05) is 19.1 Å². The van der Waals surface area contributed by atoms with Crippen LogP contribution in [0.1, 0.15) is 30.6 Å². The van der Waals surface area contributed by atoms with Gasteiger partial charge in [0.25, 0.3) is 0 Å². The molecular formula is C21H24N2O4. The second kappa shape index (κ2) is 6.85. The normalized spacial score (nSPS) is 22.1. The average Bonchev–Trinajstić information content (AvgIpc) is 3.21. The lowest BCUT2D eigenvalue weighted by Crippen LogP contribution is -2.55. The zero-order valence-corrected chi connectivity index (χ0v) is 15.4. The van der Waals surface area contributed by atoms with Crippen LogP contribution >= 0.6 is 0 Å². The van der Waals surface area contributed by atoms with Crippen molar-refractivity contribution in [3.8, 4) is 11.3 Å². The number of nitrogens with zero attached hydrogens (tertiary/aromatic N) is 1. The van der Waals surface area contributed by atoms with Crippen LogP contribution in [-0.2, 0) is 16.1 Å². The van der Waals surface area contributed by atoms with E-state index in [-0.39, 0.29) is 12.3 Å². The molecule has 2 aliphatic rings. The lowest BCUT2D eigenvalue weighted by Gasteiger charge is -2.41. The number of carbonyl (C=O) groups excluding carboxylic acids is 1. The van der Waals surface area contributed by atoms with E-state index < -0.39 is 17.4 Å². The summed E-state index contributed by atoms with van der Waals surface area (Å²) in [6, 6.07) is 12.3. The van der Waals surface area contributed by atoms with Crippen molar-refractivity contribution >= 4 is 11.9 Å². The molecule has 142 valence electrons. The highest BCUT2D eigenvalue weighted by molar-refractivity contribution is 5.88. The first-order valence-corrected chi connectivity index (χ1v) is 9.37. The van der Waals surface area contributed by atoms with Gasteiger partial charge in [-0.25, -0.2) is 0 Å². The lowest BCUT2D eigenvalue weighted by atomic mass is 9.77. The first-order chi connectivity index (χ1) is 12.9. The molecule has 3 heterocycles. The van der Waals surface area contributed by atoms with Crippen LogP contribution in [0.3, 0.4) is 0 Å². The number of nitrogens with one attached hydrogen (secondary N) is 1. The summed E-state index contributed by atoms with van der Waals surface area (Å²) in [5, 5.41) is 12.4. The van der Waals surface area contributed by atoms with Crippen molar-refractivity contribution < 1.29 is 19.1 Å². The molecule has 2 N–H and O–H groups in total. The molecular weight excluding hydrogens is 344 g/mol. The lowest BCUT2D eigenvalue weighted by molar-refractivity contribution is -0.144. The van der Waals surface area contributed by atoms with Gasteiger partial charge in [-0.1, -0.05) is 24.3 Å². The Morgan fingerprint density at radius 1 is 1.22 bits per heavy atom. The third-order valence-electron chi connectivity index (χ3n) is 5.88. The third-order valence-corrected chi connectivity index (χ3v) is 5.88. The molecule has 1 aromatic heterocycles. The van der Waals surface area contributed by atoms with Crippen molar-refractivity contribution in [2.75, 3.05) is 13.1 Å². The maximum atomic E-state index is 11.8. The van der Waals surface area contributed by atoms with Crippen LogP contribution in [-0.4, -0.2) is 40.5 Å². The van der Waals surface area contributed by atoms with Crippen LogP contribution in [0.25, 0.3) is 11.3 Å². The Bertz CT molecular complexity index is 847. The first-order valence-electron chi connectivity index (χ1n) is 9.37. The van der Waals surface area contributed by atoms with Crippen molar-refractivity contribution in [1.82, 2.24) is 10.2 Å². The summed E-state index contributed by atoms with van der Waals surface area (Å²) in [4.78, 5) is 25.6.